The second-order valence-electron chi connectivity index (χ2n) is 4.93. The molecule has 18 heavy (non-hydrogen) atoms. The summed E-state index contributed by atoms with van der Waals surface area (Å²) in [6, 6.07) is 6.13. The zero-order valence-corrected chi connectivity index (χ0v) is 11.8. The summed E-state index contributed by atoms with van der Waals surface area (Å²) in [4.78, 5) is 4.79. The molecule has 0 amide bonds. The van der Waals surface area contributed by atoms with Gasteiger partial charge in [0.15, 0.2) is 0 Å². The molecule has 1 fully saturated rings. The van der Waals surface area contributed by atoms with Gasteiger partial charge in [0.25, 0.3) is 0 Å². The van der Waals surface area contributed by atoms with Crippen molar-refractivity contribution < 1.29 is 0 Å². The summed E-state index contributed by atoms with van der Waals surface area (Å²) in [6.45, 7) is 5.03. The van der Waals surface area contributed by atoms with Crippen molar-refractivity contribution in [3.63, 3.8) is 0 Å². The quantitative estimate of drug-likeness (QED) is 0.909. The highest BCUT2D eigenvalue weighted by Gasteiger charge is 2.17. The van der Waals surface area contributed by atoms with Crippen LogP contribution in [-0.2, 0) is 6.42 Å². The summed E-state index contributed by atoms with van der Waals surface area (Å²) in [6.07, 6.45) is 2.08. The molecule has 1 aliphatic heterocycles. The van der Waals surface area contributed by atoms with Crippen molar-refractivity contribution >= 4 is 17.3 Å². The van der Waals surface area contributed by atoms with Gasteiger partial charge in [-0.2, -0.15) is 0 Å². The maximum absolute atomic E-state index is 6.39. The number of hydrogen-bond acceptors (Lipinski definition) is 3. The number of rotatable bonds is 3. The van der Waals surface area contributed by atoms with E-state index < -0.39 is 0 Å². The first-order chi connectivity index (χ1) is 8.72. The lowest BCUT2D eigenvalue weighted by Gasteiger charge is -2.26. The minimum absolute atomic E-state index is 0.668. The van der Waals surface area contributed by atoms with Crippen molar-refractivity contribution in [2.75, 3.05) is 44.7 Å². The lowest BCUT2D eigenvalue weighted by molar-refractivity contribution is 0.360. The van der Waals surface area contributed by atoms with Gasteiger partial charge < -0.3 is 15.5 Å². The molecule has 2 N–H and O–H groups in total. The van der Waals surface area contributed by atoms with Crippen molar-refractivity contribution in [2.45, 2.75) is 12.8 Å². The lowest BCUT2D eigenvalue weighted by atomic mass is 10.1. The molecule has 1 aromatic rings. The number of likely N-dealkylation sites (N-methyl/N-ethyl adjacent to an activating group) is 1. The predicted octanol–water partition coefficient (Wildman–Crippen LogP) is 1.98. The van der Waals surface area contributed by atoms with E-state index in [1.807, 2.05) is 12.1 Å². The van der Waals surface area contributed by atoms with E-state index in [2.05, 4.69) is 22.9 Å². The Morgan fingerprint density at radius 3 is 2.83 bits per heavy atom. The zero-order valence-electron chi connectivity index (χ0n) is 11.0. The highest BCUT2D eigenvalue weighted by atomic mass is 35.5. The molecule has 1 saturated heterocycles. The average Bonchev–Trinajstić information content (AvgIpc) is 2.55. The van der Waals surface area contributed by atoms with Crippen molar-refractivity contribution in [3.8, 4) is 0 Å². The molecule has 0 atom stereocenters. The molecule has 1 aromatic carbocycles. The zero-order chi connectivity index (χ0) is 13.0. The Morgan fingerprint density at radius 2 is 2.06 bits per heavy atom. The Morgan fingerprint density at radius 1 is 1.22 bits per heavy atom. The number of nitrogens with two attached hydrogens (primary N) is 1. The molecule has 0 aromatic heterocycles. The van der Waals surface area contributed by atoms with Crippen LogP contribution in [0.5, 0.6) is 0 Å². The molecule has 2 rings (SSSR count). The molecule has 0 saturated carbocycles. The molecule has 0 radical (unpaired) electrons. The first-order valence-corrected chi connectivity index (χ1v) is 7.01. The molecule has 0 spiro atoms. The van der Waals surface area contributed by atoms with Gasteiger partial charge in [-0.1, -0.05) is 23.7 Å². The Hall–Kier alpha value is -0.770. The third-order valence-electron chi connectivity index (χ3n) is 3.52. The van der Waals surface area contributed by atoms with E-state index in [4.69, 9.17) is 17.3 Å². The van der Waals surface area contributed by atoms with Crippen molar-refractivity contribution in [2.24, 2.45) is 5.73 Å². The number of halogens is 1. The minimum Gasteiger partial charge on any atom is -0.369 e. The molecule has 0 bridgehead atoms. The van der Waals surface area contributed by atoms with Crippen molar-refractivity contribution in [1.29, 1.82) is 0 Å². The Balaban J connectivity index is 2.25. The van der Waals surface area contributed by atoms with Gasteiger partial charge in [0.2, 0.25) is 0 Å². The number of hydrogen-bond donors (Lipinski definition) is 1. The van der Waals surface area contributed by atoms with Crippen LogP contribution in [-0.4, -0.2) is 44.7 Å². The summed E-state index contributed by atoms with van der Waals surface area (Å²) in [5.41, 5.74) is 8.16. The van der Waals surface area contributed by atoms with Gasteiger partial charge in [-0.15, -0.1) is 0 Å². The smallest absolute Gasteiger partial charge is 0.0642 e. The van der Waals surface area contributed by atoms with Gasteiger partial charge in [-0.05, 0) is 44.6 Å². The van der Waals surface area contributed by atoms with E-state index >= 15 is 0 Å². The van der Waals surface area contributed by atoms with Crippen molar-refractivity contribution in [1.82, 2.24) is 4.90 Å². The number of nitrogens with zero attached hydrogens (tertiary/aromatic N) is 2. The van der Waals surface area contributed by atoms with E-state index in [1.54, 1.807) is 0 Å². The molecule has 3 nitrogen and oxygen atoms in total. The first-order valence-electron chi connectivity index (χ1n) is 6.63. The topological polar surface area (TPSA) is 32.5 Å². The second kappa shape index (κ2) is 6.41. The van der Waals surface area contributed by atoms with Crippen LogP contribution >= 0.6 is 11.6 Å². The minimum atomic E-state index is 0.668. The van der Waals surface area contributed by atoms with Crippen LogP contribution < -0.4 is 10.6 Å². The van der Waals surface area contributed by atoms with Gasteiger partial charge in [0.1, 0.15) is 0 Å². The van der Waals surface area contributed by atoms with Crippen LogP contribution in [0, 0.1) is 0 Å². The molecule has 0 unspecified atom stereocenters. The third kappa shape index (κ3) is 3.16. The van der Waals surface area contributed by atoms with Crippen LogP contribution in [0.3, 0.4) is 0 Å². The van der Waals surface area contributed by atoms with Gasteiger partial charge >= 0.3 is 0 Å². The summed E-state index contributed by atoms with van der Waals surface area (Å²) in [5, 5.41) is 0.852. The maximum Gasteiger partial charge on any atom is 0.0642 e. The van der Waals surface area contributed by atoms with Gasteiger partial charge in [0.05, 0.1) is 10.7 Å². The van der Waals surface area contributed by atoms with E-state index in [1.165, 1.54) is 17.7 Å². The van der Waals surface area contributed by atoms with Crippen LogP contribution in [0.25, 0.3) is 0 Å². The van der Waals surface area contributed by atoms with E-state index in [-0.39, 0.29) is 0 Å². The summed E-state index contributed by atoms with van der Waals surface area (Å²) < 4.78 is 0. The molecular weight excluding hydrogens is 246 g/mol. The van der Waals surface area contributed by atoms with Gasteiger partial charge in [0, 0.05) is 19.6 Å². The Labute approximate surface area is 115 Å². The normalized spacial score (nSPS) is 17.8. The number of benzene rings is 1. The molecule has 100 valence electrons. The van der Waals surface area contributed by atoms with Crippen LogP contribution in [0.1, 0.15) is 12.0 Å². The third-order valence-corrected chi connectivity index (χ3v) is 3.82. The molecule has 1 heterocycles. The molecule has 0 aliphatic carbocycles. The van der Waals surface area contributed by atoms with E-state index in [9.17, 15) is 0 Å². The van der Waals surface area contributed by atoms with Crippen LogP contribution in [0.4, 0.5) is 5.69 Å². The fourth-order valence-electron chi connectivity index (χ4n) is 2.54. The fraction of sp³-hybridized carbons (Fsp3) is 0.571. The monoisotopic (exact) mass is 267 g/mol. The maximum atomic E-state index is 6.39. The van der Waals surface area contributed by atoms with E-state index in [0.717, 1.165) is 37.6 Å². The summed E-state index contributed by atoms with van der Waals surface area (Å²) in [7, 11) is 2.18. The first kappa shape index (κ1) is 13.7. The summed E-state index contributed by atoms with van der Waals surface area (Å²) >= 11 is 6.39. The Kier molecular flexibility index (Phi) is 4.87. The summed E-state index contributed by atoms with van der Waals surface area (Å²) in [5.74, 6) is 0. The fourth-order valence-corrected chi connectivity index (χ4v) is 2.86. The van der Waals surface area contributed by atoms with Gasteiger partial charge in [-0.25, -0.2) is 0 Å². The highest BCUT2D eigenvalue weighted by Crippen LogP contribution is 2.30. The van der Waals surface area contributed by atoms with Crippen LogP contribution in [0.15, 0.2) is 18.2 Å². The SMILES string of the molecule is CN1CCCN(c2c(Cl)cccc2CCN)CC1. The molecular formula is C14H22ClN3. The lowest BCUT2D eigenvalue weighted by Crippen LogP contribution is -2.30. The van der Waals surface area contributed by atoms with Crippen molar-refractivity contribution in [3.05, 3.63) is 28.8 Å². The van der Waals surface area contributed by atoms with E-state index in [0.29, 0.717) is 6.54 Å². The average molecular weight is 268 g/mol. The molecule has 4 heteroatoms. The Bertz CT molecular complexity index is 395. The van der Waals surface area contributed by atoms with Gasteiger partial charge in [-0.3, -0.25) is 0 Å². The number of para-hydroxylation sites is 1. The molecule has 1 aliphatic rings. The standard InChI is InChI=1S/C14H22ClN3/c1-17-8-3-9-18(11-10-17)14-12(6-7-16)4-2-5-13(14)15/h2,4-5H,3,6-11,16H2,1H3. The highest BCUT2D eigenvalue weighted by molar-refractivity contribution is 6.33. The second-order valence-corrected chi connectivity index (χ2v) is 5.34. The predicted molar refractivity (Wildman–Crippen MR) is 78.5 cm³/mol. The van der Waals surface area contributed by atoms with Crippen LogP contribution in [0.2, 0.25) is 5.02 Å². The number of anilines is 1. The largest absolute Gasteiger partial charge is 0.369 e.